The van der Waals surface area contributed by atoms with Gasteiger partial charge < -0.3 is 5.11 Å². The fourth-order valence-electron chi connectivity index (χ4n) is 1.41. The number of phenolic OH excluding ortho intramolecular Hbond substituents is 1. The summed E-state index contributed by atoms with van der Waals surface area (Å²) in [6, 6.07) is 3.14. The summed E-state index contributed by atoms with van der Waals surface area (Å²) in [5.74, 6) is 0.234. The van der Waals surface area contributed by atoms with E-state index < -0.39 is 0 Å². The second-order valence-corrected chi connectivity index (χ2v) is 3.98. The molecule has 0 amide bonds. The molecule has 1 atom stereocenters. The molecular formula is C11H12Cl2O. The summed E-state index contributed by atoms with van der Waals surface area (Å²) < 4.78 is 0. The molecular weight excluding hydrogens is 219 g/mol. The second kappa shape index (κ2) is 4.72. The molecule has 1 rings (SSSR count). The van der Waals surface area contributed by atoms with Gasteiger partial charge in [0.15, 0.2) is 0 Å². The Balaban J connectivity index is 3.20. The maximum atomic E-state index is 9.67. The van der Waals surface area contributed by atoms with Crippen molar-refractivity contribution in [1.82, 2.24) is 0 Å². The third-order valence-corrected chi connectivity index (χ3v) is 2.54. The minimum Gasteiger partial charge on any atom is -0.508 e. The van der Waals surface area contributed by atoms with Gasteiger partial charge in [0, 0.05) is 21.5 Å². The normalized spacial score (nSPS) is 13.4. The zero-order valence-electron chi connectivity index (χ0n) is 8.09. The fourth-order valence-corrected chi connectivity index (χ4v) is 2.06. The number of hydrogen-bond donors (Lipinski definition) is 1. The van der Waals surface area contributed by atoms with Crippen LogP contribution in [0.15, 0.2) is 24.3 Å². The summed E-state index contributed by atoms with van der Waals surface area (Å²) in [6.45, 7) is 3.90. The van der Waals surface area contributed by atoms with Gasteiger partial charge in [-0.25, -0.2) is 0 Å². The molecule has 0 saturated carbocycles. The van der Waals surface area contributed by atoms with Crippen molar-refractivity contribution < 1.29 is 5.11 Å². The predicted octanol–water partition coefficient (Wildman–Crippen LogP) is 4.38. The third kappa shape index (κ3) is 2.43. The lowest BCUT2D eigenvalue weighted by molar-refractivity contribution is 0.467. The number of aromatic hydroxyl groups is 1. The maximum Gasteiger partial charge on any atom is 0.122 e. The van der Waals surface area contributed by atoms with E-state index >= 15 is 0 Å². The number of hydrogen-bond acceptors (Lipinski definition) is 1. The van der Waals surface area contributed by atoms with Crippen LogP contribution in [-0.2, 0) is 0 Å². The van der Waals surface area contributed by atoms with Crippen molar-refractivity contribution in [3.63, 3.8) is 0 Å². The van der Waals surface area contributed by atoms with Gasteiger partial charge in [-0.3, -0.25) is 0 Å². The molecule has 1 aromatic carbocycles. The highest BCUT2D eigenvalue weighted by Crippen LogP contribution is 2.35. The first kappa shape index (κ1) is 11.4. The molecule has 1 nitrogen and oxygen atoms in total. The van der Waals surface area contributed by atoms with Gasteiger partial charge in [0.1, 0.15) is 5.75 Å². The highest BCUT2D eigenvalue weighted by molar-refractivity contribution is 6.35. The van der Waals surface area contributed by atoms with Crippen LogP contribution in [0.25, 0.3) is 0 Å². The Morgan fingerprint density at radius 3 is 2.50 bits per heavy atom. The monoisotopic (exact) mass is 230 g/mol. The molecule has 0 fully saturated rings. The van der Waals surface area contributed by atoms with Crippen molar-refractivity contribution in [1.29, 1.82) is 0 Å². The molecule has 14 heavy (non-hydrogen) atoms. The van der Waals surface area contributed by atoms with Crippen LogP contribution in [0.1, 0.15) is 25.3 Å². The van der Waals surface area contributed by atoms with E-state index in [4.69, 9.17) is 23.2 Å². The smallest absolute Gasteiger partial charge is 0.122 e. The van der Waals surface area contributed by atoms with Gasteiger partial charge in [0.05, 0.1) is 0 Å². The summed E-state index contributed by atoms with van der Waals surface area (Å²) in [5, 5.41) is 10.6. The Morgan fingerprint density at radius 2 is 2.00 bits per heavy atom. The molecule has 0 aliphatic heterocycles. The first-order valence-electron chi connectivity index (χ1n) is 4.37. The quantitative estimate of drug-likeness (QED) is 0.749. The van der Waals surface area contributed by atoms with E-state index in [1.807, 2.05) is 26.0 Å². The minimum atomic E-state index is 0.0877. The fraction of sp³-hybridized carbons (Fsp3) is 0.273. The van der Waals surface area contributed by atoms with Gasteiger partial charge >= 0.3 is 0 Å². The topological polar surface area (TPSA) is 20.2 Å². The van der Waals surface area contributed by atoms with Crippen LogP contribution < -0.4 is 0 Å². The molecule has 0 heterocycles. The molecule has 0 bridgehead atoms. The van der Waals surface area contributed by atoms with E-state index in [2.05, 4.69) is 0 Å². The van der Waals surface area contributed by atoms with Crippen LogP contribution in [0, 0.1) is 0 Å². The Bertz CT molecular complexity index is 335. The van der Waals surface area contributed by atoms with Crippen LogP contribution in [0.4, 0.5) is 0 Å². The lowest BCUT2D eigenvalue weighted by Gasteiger charge is -2.11. The van der Waals surface area contributed by atoms with E-state index in [1.165, 1.54) is 6.07 Å². The average Bonchev–Trinajstić information content (AvgIpc) is 2.01. The second-order valence-electron chi connectivity index (χ2n) is 3.13. The zero-order valence-corrected chi connectivity index (χ0v) is 9.60. The van der Waals surface area contributed by atoms with Gasteiger partial charge in [0.25, 0.3) is 0 Å². The number of allylic oxidation sites excluding steroid dienone is 2. The largest absolute Gasteiger partial charge is 0.508 e. The molecule has 0 aliphatic rings. The summed E-state index contributed by atoms with van der Waals surface area (Å²) in [7, 11) is 0. The van der Waals surface area contributed by atoms with Gasteiger partial charge in [-0.1, -0.05) is 42.3 Å². The maximum absolute atomic E-state index is 9.67. The minimum absolute atomic E-state index is 0.0877. The Morgan fingerprint density at radius 1 is 1.36 bits per heavy atom. The number of rotatable bonds is 2. The van der Waals surface area contributed by atoms with E-state index in [0.717, 1.165) is 0 Å². The standard InChI is InChI=1S/C11H12Cl2O/c1-3-4-7(2)11-9(13)5-8(12)6-10(11)14/h3-7,14H,1-2H3/b4-3+. The molecule has 1 N–H and O–H groups in total. The summed E-state index contributed by atoms with van der Waals surface area (Å²) >= 11 is 11.7. The molecule has 1 aromatic rings. The molecule has 0 aliphatic carbocycles. The van der Waals surface area contributed by atoms with Crippen LogP contribution in [-0.4, -0.2) is 5.11 Å². The van der Waals surface area contributed by atoms with Crippen molar-refractivity contribution in [2.75, 3.05) is 0 Å². The van der Waals surface area contributed by atoms with Crippen molar-refractivity contribution in [2.24, 2.45) is 0 Å². The molecule has 0 saturated heterocycles. The SMILES string of the molecule is C/C=C/C(C)c1c(O)cc(Cl)cc1Cl. The Kier molecular flexibility index (Phi) is 3.85. The Labute approximate surface area is 94.0 Å². The predicted molar refractivity (Wildman–Crippen MR) is 61.4 cm³/mol. The van der Waals surface area contributed by atoms with Gasteiger partial charge in [-0.05, 0) is 19.1 Å². The first-order chi connectivity index (χ1) is 6.56. The number of phenols is 1. The Hall–Kier alpha value is -0.660. The molecule has 1 unspecified atom stereocenters. The van der Waals surface area contributed by atoms with E-state index in [0.29, 0.717) is 15.6 Å². The van der Waals surface area contributed by atoms with Crippen molar-refractivity contribution >= 4 is 23.2 Å². The molecule has 3 heteroatoms. The van der Waals surface area contributed by atoms with E-state index in [-0.39, 0.29) is 11.7 Å². The molecule has 76 valence electrons. The average molecular weight is 231 g/mol. The molecule has 0 radical (unpaired) electrons. The van der Waals surface area contributed by atoms with Gasteiger partial charge in [-0.15, -0.1) is 0 Å². The van der Waals surface area contributed by atoms with Crippen molar-refractivity contribution in [3.05, 3.63) is 39.9 Å². The number of halogens is 2. The van der Waals surface area contributed by atoms with Gasteiger partial charge in [0.2, 0.25) is 0 Å². The third-order valence-electron chi connectivity index (χ3n) is 2.01. The van der Waals surface area contributed by atoms with Crippen LogP contribution in [0.5, 0.6) is 5.75 Å². The van der Waals surface area contributed by atoms with Crippen LogP contribution in [0.2, 0.25) is 10.0 Å². The lowest BCUT2D eigenvalue weighted by Crippen LogP contribution is -1.91. The lowest BCUT2D eigenvalue weighted by atomic mass is 9.99. The number of benzene rings is 1. The van der Waals surface area contributed by atoms with Gasteiger partial charge in [-0.2, -0.15) is 0 Å². The zero-order chi connectivity index (χ0) is 10.7. The van der Waals surface area contributed by atoms with E-state index in [1.54, 1.807) is 6.07 Å². The van der Waals surface area contributed by atoms with E-state index in [9.17, 15) is 5.11 Å². The van der Waals surface area contributed by atoms with Crippen LogP contribution in [0.3, 0.4) is 0 Å². The van der Waals surface area contributed by atoms with Crippen molar-refractivity contribution in [2.45, 2.75) is 19.8 Å². The van der Waals surface area contributed by atoms with Crippen molar-refractivity contribution in [3.8, 4) is 5.75 Å². The summed E-state index contributed by atoms with van der Waals surface area (Å²) in [6.07, 6.45) is 3.89. The summed E-state index contributed by atoms with van der Waals surface area (Å²) in [4.78, 5) is 0. The molecule has 0 aromatic heterocycles. The van der Waals surface area contributed by atoms with Crippen LogP contribution >= 0.6 is 23.2 Å². The summed E-state index contributed by atoms with van der Waals surface area (Å²) in [5.41, 5.74) is 0.717. The molecule has 0 spiro atoms. The first-order valence-corrected chi connectivity index (χ1v) is 5.12. The highest BCUT2D eigenvalue weighted by Gasteiger charge is 2.12. The highest BCUT2D eigenvalue weighted by atomic mass is 35.5.